The van der Waals surface area contributed by atoms with Crippen molar-refractivity contribution >= 4 is 50.9 Å². The van der Waals surface area contributed by atoms with Gasteiger partial charge in [-0.15, -0.1) is 5.10 Å². The molecule has 26 heavy (non-hydrogen) atoms. The molecule has 0 fully saturated rings. The van der Waals surface area contributed by atoms with Gasteiger partial charge >= 0.3 is 0 Å². The molecule has 0 atom stereocenters. The second kappa shape index (κ2) is 8.57. The fraction of sp³-hybridized carbons (Fsp3) is 0.118. The Hall–Kier alpha value is -2.03. The summed E-state index contributed by atoms with van der Waals surface area (Å²) < 4.78 is 6.27. The second-order valence-electron chi connectivity index (χ2n) is 5.15. The summed E-state index contributed by atoms with van der Waals surface area (Å²) in [6.45, 7) is 0. The van der Waals surface area contributed by atoms with Crippen molar-refractivity contribution < 1.29 is 9.53 Å². The normalized spacial score (nSPS) is 10.6. The van der Waals surface area contributed by atoms with Gasteiger partial charge in [0.15, 0.2) is 5.82 Å². The molecule has 1 aromatic heterocycles. The summed E-state index contributed by atoms with van der Waals surface area (Å²) in [6, 6.07) is 12.6. The molecule has 0 saturated carbocycles. The van der Waals surface area contributed by atoms with E-state index in [9.17, 15) is 4.79 Å². The Labute approximate surface area is 167 Å². The highest BCUT2D eigenvalue weighted by atomic mass is 79.9. The monoisotopic (exact) mass is 452 g/mol. The van der Waals surface area contributed by atoms with Gasteiger partial charge in [-0.2, -0.15) is 0 Å². The van der Waals surface area contributed by atoms with Gasteiger partial charge in [0.1, 0.15) is 5.75 Å². The van der Waals surface area contributed by atoms with Gasteiger partial charge in [0.2, 0.25) is 11.1 Å². The minimum atomic E-state index is -0.135. The van der Waals surface area contributed by atoms with Gasteiger partial charge in [-0.3, -0.25) is 9.89 Å². The van der Waals surface area contributed by atoms with Crippen molar-refractivity contribution in [3.8, 4) is 17.1 Å². The topological polar surface area (TPSA) is 79.9 Å². The fourth-order valence-corrected chi connectivity index (χ4v) is 3.19. The van der Waals surface area contributed by atoms with E-state index in [1.54, 1.807) is 25.3 Å². The number of carbonyl (C=O) groups excluding carboxylic acids is 1. The molecule has 0 unspecified atom stereocenters. The lowest BCUT2D eigenvalue weighted by Gasteiger charge is -2.05. The summed E-state index contributed by atoms with van der Waals surface area (Å²) in [5, 5.41) is 10.8. The van der Waals surface area contributed by atoms with Gasteiger partial charge in [0.05, 0.1) is 18.4 Å². The van der Waals surface area contributed by atoms with Crippen LogP contribution in [0.1, 0.15) is 0 Å². The number of ether oxygens (including phenoxy) is 1. The molecule has 3 rings (SSSR count). The van der Waals surface area contributed by atoms with Crippen molar-refractivity contribution in [2.24, 2.45) is 0 Å². The van der Waals surface area contributed by atoms with Crippen LogP contribution in [0.25, 0.3) is 11.4 Å². The number of amides is 1. The molecule has 1 heterocycles. The fourth-order valence-electron chi connectivity index (χ4n) is 2.16. The lowest BCUT2D eigenvalue weighted by molar-refractivity contribution is -0.113. The molecule has 2 N–H and O–H groups in total. The number of benzene rings is 2. The number of rotatable bonds is 6. The molecule has 0 aliphatic rings. The first-order valence-corrected chi connectivity index (χ1v) is 9.65. The van der Waals surface area contributed by atoms with Crippen LogP contribution < -0.4 is 10.1 Å². The van der Waals surface area contributed by atoms with Crippen LogP contribution >= 0.6 is 39.3 Å². The van der Waals surface area contributed by atoms with Crippen molar-refractivity contribution in [1.29, 1.82) is 0 Å². The van der Waals surface area contributed by atoms with Crippen LogP contribution in [0.2, 0.25) is 5.02 Å². The van der Waals surface area contributed by atoms with Gasteiger partial charge in [-0.1, -0.05) is 39.3 Å². The van der Waals surface area contributed by atoms with Crippen LogP contribution in [0.15, 0.2) is 52.1 Å². The van der Waals surface area contributed by atoms with E-state index in [0.717, 1.165) is 10.2 Å². The van der Waals surface area contributed by atoms with Gasteiger partial charge in [-0.25, -0.2) is 4.98 Å². The number of aromatic nitrogens is 3. The van der Waals surface area contributed by atoms with Crippen molar-refractivity contribution in [1.82, 2.24) is 15.2 Å². The summed E-state index contributed by atoms with van der Waals surface area (Å²) in [5.41, 5.74) is 1.44. The maximum absolute atomic E-state index is 12.0. The Morgan fingerprint density at radius 2 is 2.08 bits per heavy atom. The number of carbonyl (C=O) groups is 1. The Bertz CT molecular complexity index is 917. The number of methoxy groups -OCH3 is 1. The highest BCUT2D eigenvalue weighted by Crippen LogP contribution is 2.31. The number of anilines is 1. The highest BCUT2D eigenvalue weighted by molar-refractivity contribution is 9.10. The lowest BCUT2D eigenvalue weighted by atomic mass is 10.2. The molecule has 1 amide bonds. The third kappa shape index (κ3) is 4.78. The van der Waals surface area contributed by atoms with Crippen LogP contribution in [-0.2, 0) is 4.79 Å². The Balaban J connectivity index is 1.63. The molecule has 3 aromatic rings. The molecule has 0 bridgehead atoms. The summed E-state index contributed by atoms with van der Waals surface area (Å²) in [7, 11) is 1.57. The maximum Gasteiger partial charge on any atom is 0.234 e. The van der Waals surface area contributed by atoms with E-state index in [0.29, 0.717) is 27.3 Å². The molecule has 0 radical (unpaired) electrons. The predicted octanol–water partition coefficient (Wildman–Crippen LogP) is 4.63. The number of H-pyrrole nitrogens is 1. The van der Waals surface area contributed by atoms with Crippen LogP contribution in [0.3, 0.4) is 0 Å². The lowest BCUT2D eigenvalue weighted by Crippen LogP contribution is -2.13. The van der Waals surface area contributed by atoms with Gasteiger partial charge in [0.25, 0.3) is 0 Å². The molecular formula is C17H14BrClN4O2S. The minimum absolute atomic E-state index is 0.135. The van der Waals surface area contributed by atoms with Crippen LogP contribution in [0.4, 0.5) is 5.69 Å². The minimum Gasteiger partial charge on any atom is -0.496 e. The molecular weight excluding hydrogens is 440 g/mol. The van der Waals surface area contributed by atoms with E-state index < -0.39 is 0 Å². The number of hydrogen-bond acceptors (Lipinski definition) is 5. The standard InChI is InChI=1S/C17H14BrClN4O2S/c1-25-14-7-4-11(19)8-13(14)16-21-17(23-22-16)26-9-15(24)20-12-5-2-10(18)3-6-12/h2-8H,9H2,1H3,(H,20,24)(H,21,22,23). The molecule has 2 aromatic carbocycles. The van der Waals surface area contributed by atoms with E-state index in [-0.39, 0.29) is 11.7 Å². The van der Waals surface area contributed by atoms with E-state index in [4.69, 9.17) is 16.3 Å². The van der Waals surface area contributed by atoms with Crippen molar-refractivity contribution in [2.45, 2.75) is 5.16 Å². The molecule has 0 spiro atoms. The van der Waals surface area contributed by atoms with Crippen molar-refractivity contribution in [2.75, 3.05) is 18.2 Å². The smallest absolute Gasteiger partial charge is 0.234 e. The first kappa shape index (κ1) is 18.8. The summed E-state index contributed by atoms with van der Waals surface area (Å²) >= 11 is 10.6. The third-order valence-corrected chi connectivity index (χ3v) is 4.95. The molecule has 6 nitrogen and oxygen atoms in total. The Morgan fingerprint density at radius 3 is 2.81 bits per heavy atom. The predicted molar refractivity (Wildman–Crippen MR) is 107 cm³/mol. The molecule has 0 aliphatic heterocycles. The number of aromatic amines is 1. The SMILES string of the molecule is COc1ccc(Cl)cc1-c1nc(SCC(=O)Nc2ccc(Br)cc2)n[nH]1. The number of thioether (sulfide) groups is 1. The molecule has 0 saturated heterocycles. The maximum atomic E-state index is 12.0. The van der Waals surface area contributed by atoms with Crippen LogP contribution in [-0.4, -0.2) is 34.0 Å². The summed E-state index contributed by atoms with van der Waals surface area (Å²) in [4.78, 5) is 16.4. The van der Waals surface area contributed by atoms with Crippen molar-refractivity contribution in [3.63, 3.8) is 0 Å². The summed E-state index contributed by atoms with van der Waals surface area (Å²) in [5.74, 6) is 1.22. The first-order chi connectivity index (χ1) is 12.5. The average molecular weight is 454 g/mol. The van der Waals surface area contributed by atoms with E-state index in [2.05, 4.69) is 36.4 Å². The zero-order valence-electron chi connectivity index (χ0n) is 13.6. The number of nitrogens with one attached hydrogen (secondary N) is 2. The van der Waals surface area contributed by atoms with Crippen LogP contribution in [0, 0.1) is 0 Å². The average Bonchev–Trinajstić information content (AvgIpc) is 3.11. The van der Waals surface area contributed by atoms with Gasteiger partial charge < -0.3 is 10.1 Å². The largest absolute Gasteiger partial charge is 0.496 e. The molecule has 9 heteroatoms. The number of hydrogen-bond donors (Lipinski definition) is 2. The van der Waals surface area contributed by atoms with Gasteiger partial charge in [-0.05, 0) is 42.5 Å². The first-order valence-electron chi connectivity index (χ1n) is 7.49. The van der Waals surface area contributed by atoms with E-state index in [1.807, 2.05) is 24.3 Å². The Morgan fingerprint density at radius 1 is 1.31 bits per heavy atom. The van der Waals surface area contributed by atoms with Crippen molar-refractivity contribution in [3.05, 3.63) is 52.0 Å². The quantitative estimate of drug-likeness (QED) is 0.532. The summed E-state index contributed by atoms with van der Waals surface area (Å²) in [6.07, 6.45) is 0. The second-order valence-corrected chi connectivity index (χ2v) is 7.45. The highest BCUT2D eigenvalue weighted by Gasteiger charge is 2.13. The van der Waals surface area contributed by atoms with Crippen LogP contribution in [0.5, 0.6) is 5.75 Å². The molecule has 0 aliphatic carbocycles. The van der Waals surface area contributed by atoms with E-state index in [1.165, 1.54) is 11.8 Å². The zero-order valence-corrected chi connectivity index (χ0v) is 16.8. The Kier molecular flexibility index (Phi) is 6.18. The zero-order chi connectivity index (χ0) is 18.5. The van der Waals surface area contributed by atoms with E-state index >= 15 is 0 Å². The third-order valence-electron chi connectivity index (χ3n) is 3.34. The number of nitrogens with zero attached hydrogens (tertiary/aromatic N) is 2. The number of halogens is 2. The van der Waals surface area contributed by atoms with Gasteiger partial charge in [0, 0.05) is 15.2 Å². The molecule has 134 valence electrons.